The SMILES string of the molecule is CCC1(C(=O)OC)OC12CCC(C)CC2. The van der Waals surface area contributed by atoms with Gasteiger partial charge in [0.2, 0.25) is 0 Å². The molecule has 1 saturated heterocycles. The van der Waals surface area contributed by atoms with Crippen molar-refractivity contribution < 1.29 is 14.3 Å². The van der Waals surface area contributed by atoms with E-state index >= 15 is 0 Å². The van der Waals surface area contributed by atoms with E-state index in [1.54, 1.807) is 0 Å². The van der Waals surface area contributed by atoms with Gasteiger partial charge in [-0.05, 0) is 38.0 Å². The van der Waals surface area contributed by atoms with Crippen molar-refractivity contribution in [1.29, 1.82) is 0 Å². The second-order valence-corrected chi connectivity index (χ2v) is 4.95. The van der Waals surface area contributed by atoms with Crippen LogP contribution in [-0.4, -0.2) is 24.3 Å². The van der Waals surface area contributed by atoms with Gasteiger partial charge in [-0.3, -0.25) is 0 Å². The van der Waals surface area contributed by atoms with E-state index in [1.165, 1.54) is 20.0 Å². The Bertz CT molecular complexity index is 266. The van der Waals surface area contributed by atoms with E-state index in [0.29, 0.717) is 0 Å². The van der Waals surface area contributed by atoms with Gasteiger partial charge in [-0.15, -0.1) is 0 Å². The number of carbonyl (C=O) groups is 1. The third-order valence-corrected chi connectivity index (χ3v) is 4.16. The maximum atomic E-state index is 11.7. The Morgan fingerprint density at radius 3 is 2.53 bits per heavy atom. The third-order valence-electron chi connectivity index (χ3n) is 4.16. The van der Waals surface area contributed by atoms with Gasteiger partial charge in [0.05, 0.1) is 7.11 Å². The zero-order valence-electron chi connectivity index (χ0n) is 9.84. The first-order valence-electron chi connectivity index (χ1n) is 5.89. The minimum absolute atomic E-state index is 0.179. The van der Waals surface area contributed by atoms with E-state index in [0.717, 1.165) is 25.2 Å². The van der Waals surface area contributed by atoms with Crippen LogP contribution >= 0.6 is 0 Å². The van der Waals surface area contributed by atoms with Crippen LogP contribution in [0, 0.1) is 5.92 Å². The molecule has 0 aromatic carbocycles. The summed E-state index contributed by atoms with van der Waals surface area (Å²) in [6.45, 7) is 4.27. The number of hydrogen-bond acceptors (Lipinski definition) is 3. The van der Waals surface area contributed by atoms with Crippen molar-refractivity contribution in [3.63, 3.8) is 0 Å². The van der Waals surface area contributed by atoms with Crippen LogP contribution in [0.25, 0.3) is 0 Å². The van der Waals surface area contributed by atoms with E-state index < -0.39 is 5.60 Å². The minimum Gasteiger partial charge on any atom is -0.467 e. The highest BCUT2D eigenvalue weighted by Crippen LogP contribution is 2.59. The second-order valence-electron chi connectivity index (χ2n) is 4.95. The smallest absolute Gasteiger partial charge is 0.341 e. The summed E-state index contributed by atoms with van der Waals surface area (Å²) < 4.78 is 10.7. The molecule has 86 valence electrons. The lowest BCUT2D eigenvalue weighted by molar-refractivity contribution is -0.147. The average Bonchev–Trinajstić information content (AvgIpc) is 2.91. The summed E-state index contributed by atoms with van der Waals surface area (Å²) in [7, 11) is 1.45. The van der Waals surface area contributed by atoms with Crippen LogP contribution < -0.4 is 0 Å². The summed E-state index contributed by atoms with van der Waals surface area (Å²) in [5.74, 6) is 0.589. The summed E-state index contributed by atoms with van der Waals surface area (Å²) in [5, 5.41) is 0. The molecule has 15 heavy (non-hydrogen) atoms. The van der Waals surface area contributed by atoms with Gasteiger partial charge in [0.25, 0.3) is 0 Å². The molecule has 0 amide bonds. The molecular weight excluding hydrogens is 192 g/mol. The Balaban J connectivity index is 2.10. The number of carbonyl (C=O) groups excluding carboxylic acids is 1. The van der Waals surface area contributed by atoms with Gasteiger partial charge in [0, 0.05) is 0 Å². The molecule has 1 unspecified atom stereocenters. The lowest BCUT2D eigenvalue weighted by atomic mass is 9.75. The highest BCUT2D eigenvalue weighted by molar-refractivity contribution is 5.84. The molecule has 0 aromatic rings. The molecule has 1 aliphatic carbocycles. The zero-order valence-corrected chi connectivity index (χ0v) is 9.84. The largest absolute Gasteiger partial charge is 0.467 e. The normalized spacial score (nSPS) is 44.1. The molecule has 1 saturated carbocycles. The molecule has 2 rings (SSSR count). The van der Waals surface area contributed by atoms with Gasteiger partial charge in [0.1, 0.15) is 5.60 Å². The van der Waals surface area contributed by atoms with E-state index in [1.807, 2.05) is 6.92 Å². The van der Waals surface area contributed by atoms with Gasteiger partial charge in [-0.25, -0.2) is 4.79 Å². The number of rotatable bonds is 2. The molecule has 0 N–H and O–H groups in total. The summed E-state index contributed by atoms with van der Waals surface area (Å²) in [6, 6.07) is 0. The fraction of sp³-hybridized carbons (Fsp3) is 0.917. The standard InChI is InChI=1S/C12H20O3/c1-4-12(10(13)14-3)11(15-12)7-5-9(2)6-8-11/h9H,4-8H2,1-3H3. The van der Waals surface area contributed by atoms with E-state index in [2.05, 4.69) is 6.92 Å². The highest BCUT2D eigenvalue weighted by atomic mass is 16.7. The van der Waals surface area contributed by atoms with Crippen molar-refractivity contribution in [2.75, 3.05) is 7.11 Å². The van der Waals surface area contributed by atoms with E-state index in [-0.39, 0.29) is 11.6 Å². The lowest BCUT2D eigenvalue weighted by Crippen LogP contribution is -2.37. The molecule has 0 aromatic heterocycles. The second kappa shape index (κ2) is 3.48. The van der Waals surface area contributed by atoms with Crippen molar-refractivity contribution in [3.05, 3.63) is 0 Å². The van der Waals surface area contributed by atoms with Gasteiger partial charge < -0.3 is 9.47 Å². The number of esters is 1. The monoisotopic (exact) mass is 212 g/mol. The first-order valence-corrected chi connectivity index (χ1v) is 5.89. The minimum atomic E-state index is -0.609. The topological polar surface area (TPSA) is 38.8 Å². The molecule has 3 heteroatoms. The number of ether oxygens (including phenoxy) is 2. The van der Waals surface area contributed by atoms with Crippen molar-refractivity contribution in [3.8, 4) is 0 Å². The van der Waals surface area contributed by atoms with Gasteiger partial charge in [-0.1, -0.05) is 13.8 Å². The average molecular weight is 212 g/mol. The van der Waals surface area contributed by atoms with Crippen LogP contribution in [0.3, 0.4) is 0 Å². The molecule has 1 atom stereocenters. The molecule has 3 nitrogen and oxygen atoms in total. The predicted molar refractivity (Wildman–Crippen MR) is 56.5 cm³/mol. The molecule has 1 aliphatic heterocycles. The van der Waals surface area contributed by atoms with Crippen molar-refractivity contribution >= 4 is 5.97 Å². The predicted octanol–water partition coefficient (Wildman–Crippen LogP) is 2.29. The number of methoxy groups -OCH3 is 1. The fourth-order valence-corrected chi connectivity index (χ4v) is 2.97. The third kappa shape index (κ3) is 1.40. The quantitative estimate of drug-likeness (QED) is 0.520. The molecule has 2 aliphatic rings. The maximum Gasteiger partial charge on any atom is 0.341 e. The molecule has 0 bridgehead atoms. The van der Waals surface area contributed by atoms with Crippen LogP contribution in [0.5, 0.6) is 0 Å². The van der Waals surface area contributed by atoms with Gasteiger partial charge >= 0.3 is 5.97 Å². The van der Waals surface area contributed by atoms with Crippen LogP contribution in [0.1, 0.15) is 46.0 Å². The number of hydrogen-bond donors (Lipinski definition) is 0. The first-order chi connectivity index (χ1) is 7.10. The Kier molecular flexibility index (Phi) is 2.53. The van der Waals surface area contributed by atoms with Crippen LogP contribution in [0.2, 0.25) is 0 Å². The first kappa shape index (κ1) is 10.9. The van der Waals surface area contributed by atoms with Crippen LogP contribution in [0.4, 0.5) is 0 Å². The Morgan fingerprint density at radius 2 is 2.07 bits per heavy atom. The van der Waals surface area contributed by atoms with Crippen LogP contribution in [0.15, 0.2) is 0 Å². The summed E-state index contributed by atoms with van der Waals surface area (Å²) >= 11 is 0. The fourth-order valence-electron chi connectivity index (χ4n) is 2.97. The molecule has 1 heterocycles. The summed E-state index contributed by atoms with van der Waals surface area (Å²) in [5.41, 5.74) is -0.788. The Morgan fingerprint density at radius 1 is 1.47 bits per heavy atom. The van der Waals surface area contributed by atoms with Crippen molar-refractivity contribution in [2.45, 2.75) is 57.2 Å². The highest BCUT2D eigenvalue weighted by Gasteiger charge is 2.73. The van der Waals surface area contributed by atoms with Gasteiger partial charge in [-0.2, -0.15) is 0 Å². The molecule has 1 spiro atoms. The lowest BCUT2D eigenvalue weighted by Gasteiger charge is -2.25. The molecule has 0 radical (unpaired) electrons. The van der Waals surface area contributed by atoms with Crippen LogP contribution in [-0.2, 0) is 14.3 Å². The van der Waals surface area contributed by atoms with E-state index in [4.69, 9.17) is 9.47 Å². The van der Waals surface area contributed by atoms with E-state index in [9.17, 15) is 4.79 Å². The Hall–Kier alpha value is -0.570. The molecular formula is C12H20O3. The maximum absolute atomic E-state index is 11.7. The summed E-state index contributed by atoms with van der Waals surface area (Å²) in [6.07, 6.45) is 5.08. The van der Waals surface area contributed by atoms with Crippen molar-refractivity contribution in [2.24, 2.45) is 5.92 Å². The zero-order chi connectivity index (χ0) is 11.1. The van der Waals surface area contributed by atoms with Gasteiger partial charge in [0.15, 0.2) is 5.60 Å². The number of epoxide rings is 1. The molecule has 2 fully saturated rings. The van der Waals surface area contributed by atoms with Crippen molar-refractivity contribution in [1.82, 2.24) is 0 Å². The summed E-state index contributed by atoms with van der Waals surface area (Å²) in [4.78, 5) is 11.7. The Labute approximate surface area is 91.1 Å².